The van der Waals surface area contributed by atoms with Gasteiger partial charge < -0.3 is 15.7 Å². The van der Waals surface area contributed by atoms with E-state index < -0.39 is 23.7 Å². The van der Waals surface area contributed by atoms with Gasteiger partial charge in [-0.05, 0) is 18.6 Å². The fourth-order valence-corrected chi connectivity index (χ4v) is 1.28. The first-order valence-electron chi connectivity index (χ1n) is 5.44. The molecule has 0 saturated heterocycles. The number of benzene rings is 1. The van der Waals surface area contributed by atoms with Crippen molar-refractivity contribution in [2.45, 2.75) is 13.8 Å². The molecule has 0 aliphatic heterocycles. The molecule has 1 aromatic carbocycles. The normalized spacial score (nSPS) is 11.7. The maximum Gasteiger partial charge on any atom is 0.319 e. The molecule has 0 fully saturated rings. The van der Waals surface area contributed by atoms with Crippen LogP contribution in [0.4, 0.5) is 14.9 Å². The van der Waals surface area contributed by atoms with E-state index in [1.54, 1.807) is 19.1 Å². The largest absolute Gasteiger partial charge is 0.481 e. The minimum absolute atomic E-state index is 0.0192. The maximum atomic E-state index is 13.4. The van der Waals surface area contributed by atoms with Gasteiger partial charge in [0.15, 0.2) is 0 Å². The van der Waals surface area contributed by atoms with Gasteiger partial charge in [-0.25, -0.2) is 9.18 Å². The van der Waals surface area contributed by atoms with E-state index in [9.17, 15) is 14.0 Å². The van der Waals surface area contributed by atoms with Crippen LogP contribution in [0.25, 0.3) is 0 Å². The van der Waals surface area contributed by atoms with Gasteiger partial charge in [0, 0.05) is 6.54 Å². The highest BCUT2D eigenvalue weighted by Crippen LogP contribution is 2.18. The Labute approximate surface area is 104 Å². The fraction of sp³-hybridized carbons (Fsp3) is 0.333. The van der Waals surface area contributed by atoms with Crippen LogP contribution in [0.1, 0.15) is 12.5 Å². The van der Waals surface area contributed by atoms with E-state index in [1.165, 1.54) is 13.0 Å². The van der Waals surface area contributed by atoms with E-state index in [-0.39, 0.29) is 12.2 Å². The molecule has 0 saturated carbocycles. The summed E-state index contributed by atoms with van der Waals surface area (Å²) in [7, 11) is 0. The lowest BCUT2D eigenvalue weighted by atomic mass is 10.2. The summed E-state index contributed by atoms with van der Waals surface area (Å²) in [6.07, 6.45) is 0. The molecule has 3 N–H and O–H groups in total. The van der Waals surface area contributed by atoms with Crippen LogP contribution in [0.2, 0.25) is 0 Å². The van der Waals surface area contributed by atoms with Gasteiger partial charge in [-0.15, -0.1) is 0 Å². The Hall–Kier alpha value is -2.11. The van der Waals surface area contributed by atoms with Gasteiger partial charge in [0.25, 0.3) is 0 Å². The molecule has 98 valence electrons. The zero-order valence-electron chi connectivity index (χ0n) is 10.2. The van der Waals surface area contributed by atoms with Crippen LogP contribution in [0.5, 0.6) is 0 Å². The Morgan fingerprint density at radius 3 is 2.67 bits per heavy atom. The van der Waals surface area contributed by atoms with Crippen molar-refractivity contribution in [1.82, 2.24) is 5.32 Å². The van der Waals surface area contributed by atoms with Crippen molar-refractivity contribution in [2.75, 3.05) is 11.9 Å². The molecule has 0 aromatic heterocycles. The molecule has 2 amide bonds. The van der Waals surface area contributed by atoms with Crippen molar-refractivity contribution in [3.63, 3.8) is 0 Å². The second kappa shape index (κ2) is 6.00. The molecule has 0 heterocycles. The number of urea groups is 1. The minimum Gasteiger partial charge on any atom is -0.481 e. The van der Waals surface area contributed by atoms with Gasteiger partial charge in [-0.1, -0.05) is 19.1 Å². The third-order valence-corrected chi connectivity index (χ3v) is 2.45. The van der Waals surface area contributed by atoms with Crippen LogP contribution in [0, 0.1) is 18.7 Å². The first-order chi connectivity index (χ1) is 8.41. The molecule has 18 heavy (non-hydrogen) atoms. The Morgan fingerprint density at radius 2 is 2.11 bits per heavy atom. The van der Waals surface area contributed by atoms with Gasteiger partial charge in [0.2, 0.25) is 0 Å². The Balaban J connectivity index is 2.58. The number of para-hydroxylation sites is 1. The summed E-state index contributed by atoms with van der Waals surface area (Å²) >= 11 is 0. The molecule has 0 spiro atoms. The number of hydrogen-bond donors (Lipinski definition) is 3. The van der Waals surface area contributed by atoms with Crippen LogP contribution in [-0.2, 0) is 4.79 Å². The molecule has 5 nitrogen and oxygen atoms in total. The number of carboxylic acid groups (broad SMARTS) is 1. The molecule has 1 atom stereocenters. The summed E-state index contributed by atoms with van der Waals surface area (Å²) in [5.41, 5.74) is 0.689. The molecular formula is C12H15FN2O3. The monoisotopic (exact) mass is 254 g/mol. The number of halogens is 1. The predicted molar refractivity (Wildman–Crippen MR) is 65.0 cm³/mol. The molecule has 1 rings (SSSR count). The number of aryl methyl sites for hydroxylation is 1. The fourth-order valence-electron chi connectivity index (χ4n) is 1.28. The van der Waals surface area contributed by atoms with Crippen LogP contribution in [0.15, 0.2) is 18.2 Å². The smallest absolute Gasteiger partial charge is 0.319 e. The van der Waals surface area contributed by atoms with E-state index in [2.05, 4.69) is 10.6 Å². The molecule has 0 radical (unpaired) electrons. The number of aliphatic carboxylic acids is 1. The average Bonchev–Trinajstić information content (AvgIpc) is 2.30. The number of carbonyl (C=O) groups excluding carboxylic acids is 1. The summed E-state index contributed by atoms with van der Waals surface area (Å²) in [6, 6.07) is 3.82. The first-order valence-corrected chi connectivity index (χ1v) is 5.44. The van der Waals surface area contributed by atoms with E-state index in [1.807, 2.05) is 0 Å². The summed E-state index contributed by atoms with van der Waals surface area (Å²) in [6.45, 7) is 3.12. The Kier molecular flexibility index (Phi) is 4.65. The summed E-state index contributed by atoms with van der Waals surface area (Å²) in [4.78, 5) is 22.0. The summed E-state index contributed by atoms with van der Waals surface area (Å²) < 4.78 is 13.4. The average molecular weight is 254 g/mol. The maximum absolute atomic E-state index is 13.4. The number of nitrogens with one attached hydrogen (secondary N) is 2. The van der Waals surface area contributed by atoms with E-state index in [4.69, 9.17) is 5.11 Å². The summed E-state index contributed by atoms with van der Waals surface area (Å²) in [5, 5.41) is 13.4. The van der Waals surface area contributed by atoms with E-state index in [0.717, 1.165) is 0 Å². The number of rotatable bonds is 4. The molecule has 1 aromatic rings. The molecule has 1 unspecified atom stereocenters. The first kappa shape index (κ1) is 14.0. The van der Waals surface area contributed by atoms with Crippen molar-refractivity contribution in [3.8, 4) is 0 Å². The third kappa shape index (κ3) is 3.73. The van der Waals surface area contributed by atoms with Crippen molar-refractivity contribution in [3.05, 3.63) is 29.6 Å². The van der Waals surface area contributed by atoms with E-state index in [0.29, 0.717) is 5.56 Å². The lowest BCUT2D eigenvalue weighted by Gasteiger charge is -2.12. The molecule has 0 aliphatic rings. The molecule has 0 aliphatic carbocycles. The number of hydrogen-bond acceptors (Lipinski definition) is 2. The van der Waals surface area contributed by atoms with E-state index >= 15 is 0 Å². The topological polar surface area (TPSA) is 78.4 Å². The SMILES string of the molecule is Cc1cccc(F)c1NC(=O)NCC(C)C(=O)O. The lowest BCUT2D eigenvalue weighted by Crippen LogP contribution is -2.35. The highest BCUT2D eigenvalue weighted by Gasteiger charge is 2.13. The van der Waals surface area contributed by atoms with Crippen LogP contribution < -0.4 is 10.6 Å². The Morgan fingerprint density at radius 1 is 1.44 bits per heavy atom. The minimum atomic E-state index is -1.00. The van der Waals surface area contributed by atoms with Gasteiger partial charge in [-0.3, -0.25) is 4.79 Å². The second-order valence-corrected chi connectivity index (χ2v) is 4.01. The number of carboxylic acids is 1. The van der Waals surface area contributed by atoms with Gasteiger partial charge >= 0.3 is 12.0 Å². The van der Waals surface area contributed by atoms with Crippen LogP contribution in [-0.4, -0.2) is 23.7 Å². The molecule has 0 bridgehead atoms. The highest BCUT2D eigenvalue weighted by atomic mass is 19.1. The second-order valence-electron chi connectivity index (χ2n) is 4.01. The zero-order chi connectivity index (χ0) is 13.7. The van der Waals surface area contributed by atoms with Crippen molar-refractivity contribution in [1.29, 1.82) is 0 Å². The number of anilines is 1. The van der Waals surface area contributed by atoms with Gasteiger partial charge in [-0.2, -0.15) is 0 Å². The Bertz CT molecular complexity index is 442. The number of carbonyl (C=O) groups is 2. The predicted octanol–water partition coefficient (Wildman–Crippen LogP) is 1.98. The van der Waals surface area contributed by atoms with Crippen LogP contribution >= 0.6 is 0 Å². The van der Waals surface area contributed by atoms with Gasteiger partial charge in [0.1, 0.15) is 5.82 Å². The standard InChI is InChI=1S/C12H15FN2O3/c1-7-4-3-5-9(13)10(7)15-12(18)14-6-8(2)11(16)17/h3-5,8H,6H2,1-2H3,(H,16,17)(H2,14,15,18). The van der Waals surface area contributed by atoms with Crippen molar-refractivity contribution < 1.29 is 19.1 Å². The molecule has 6 heteroatoms. The zero-order valence-corrected chi connectivity index (χ0v) is 10.2. The summed E-state index contributed by atoms with van der Waals surface area (Å²) in [5.74, 6) is -2.23. The lowest BCUT2D eigenvalue weighted by molar-refractivity contribution is -0.140. The van der Waals surface area contributed by atoms with Crippen molar-refractivity contribution in [2.24, 2.45) is 5.92 Å². The van der Waals surface area contributed by atoms with Crippen LogP contribution in [0.3, 0.4) is 0 Å². The third-order valence-electron chi connectivity index (χ3n) is 2.45. The van der Waals surface area contributed by atoms with Gasteiger partial charge in [0.05, 0.1) is 11.6 Å². The number of amides is 2. The van der Waals surface area contributed by atoms with Crippen molar-refractivity contribution >= 4 is 17.7 Å². The highest BCUT2D eigenvalue weighted by molar-refractivity contribution is 5.90. The molecular weight excluding hydrogens is 239 g/mol. The quantitative estimate of drug-likeness (QED) is 0.768.